The molecule has 6 aliphatic carbocycles. The third kappa shape index (κ3) is 11.2. The number of ether oxygens (including phenoxy) is 8. The molecule has 4 saturated carbocycles. The molecule has 22 nitrogen and oxygen atoms in total. The lowest BCUT2D eigenvalue weighted by molar-refractivity contribution is -0.346. The highest BCUT2D eigenvalue weighted by Gasteiger charge is 2.81. The summed E-state index contributed by atoms with van der Waals surface area (Å²) >= 11 is 0. The van der Waals surface area contributed by atoms with Crippen LogP contribution >= 0.6 is 0 Å². The average Bonchev–Trinajstić information content (AvgIpc) is 0.675. The van der Waals surface area contributed by atoms with E-state index in [0.717, 1.165) is 5.19 Å². The Morgan fingerprint density at radius 1 is 0.547 bits per heavy atom. The van der Waals surface area contributed by atoms with Gasteiger partial charge < -0.3 is 67.9 Å². The molecule has 2 heterocycles. The zero-order valence-electron chi connectivity index (χ0n) is 56.4. The van der Waals surface area contributed by atoms with E-state index in [2.05, 4.69) is 0 Å². The molecule has 6 fully saturated rings. The van der Waals surface area contributed by atoms with Gasteiger partial charge in [-0.3, -0.25) is 28.8 Å². The quantitative estimate of drug-likeness (QED) is 0.0548. The Morgan fingerprint density at radius 3 is 1.28 bits per heavy atom. The van der Waals surface area contributed by atoms with Gasteiger partial charge in [0.25, 0.3) is 0 Å². The second kappa shape index (κ2) is 25.2. The summed E-state index contributed by atoms with van der Waals surface area (Å²) in [6.45, 7) is 22.4. The van der Waals surface area contributed by atoms with Crippen molar-refractivity contribution in [1.82, 2.24) is 0 Å². The van der Waals surface area contributed by atoms with Crippen LogP contribution in [0.3, 0.4) is 0 Å². The first-order valence-electron chi connectivity index (χ1n) is 32.7. The number of fused-ring (bicyclic) bond motifs is 10. The molecule has 4 bridgehead atoms. The highest BCUT2D eigenvalue weighted by atomic mass is 28.4. The molecule has 3 aromatic rings. The minimum Gasteiger partial charge on any atom is -0.455 e. The summed E-state index contributed by atoms with van der Waals surface area (Å²) in [5.41, 5.74) is -12.4. The lowest BCUT2D eigenvalue weighted by Gasteiger charge is -2.68. The molecular formula is C72H90O22Si. The number of esters is 6. The van der Waals surface area contributed by atoms with Crippen LogP contribution in [0.1, 0.15) is 142 Å². The van der Waals surface area contributed by atoms with Gasteiger partial charge in [-0.05, 0) is 92.5 Å². The Balaban J connectivity index is 0.000000211. The van der Waals surface area contributed by atoms with Crippen LogP contribution in [0.15, 0.2) is 113 Å². The molecular weight excluding hydrogens is 1240 g/mol. The van der Waals surface area contributed by atoms with Crippen molar-refractivity contribution >= 4 is 60.9 Å². The van der Waals surface area contributed by atoms with E-state index in [9.17, 15) is 59.1 Å². The van der Waals surface area contributed by atoms with Crippen molar-refractivity contribution in [2.24, 2.45) is 33.5 Å². The van der Waals surface area contributed by atoms with Crippen LogP contribution in [0.5, 0.6) is 0 Å². The van der Waals surface area contributed by atoms with Gasteiger partial charge in [0.05, 0.1) is 71.4 Å². The summed E-state index contributed by atoms with van der Waals surface area (Å²) < 4.78 is 55.8. The lowest BCUT2D eigenvalue weighted by atomic mass is 9.44. The van der Waals surface area contributed by atoms with Crippen LogP contribution in [0, 0.1) is 33.5 Å². The highest BCUT2D eigenvalue weighted by molar-refractivity contribution is 6.84. The maximum absolute atomic E-state index is 15.8. The maximum atomic E-state index is 15.8. The van der Waals surface area contributed by atoms with Crippen LogP contribution in [0.25, 0.3) is 0 Å². The van der Waals surface area contributed by atoms with Gasteiger partial charge in [0, 0.05) is 63.2 Å². The summed E-state index contributed by atoms with van der Waals surface area (Å²) in [5, 5.41) is 62.0. The predicted molar refractivity (Wildman–Crippen MR) is 341 cm³/mol. The van der Waals surface area contributed by atoms with E-state index < -0.39 is 173 Å². The van der Waals surface area contributed by atoms with E-state index in [4.69, 9.17) is 42.3 Å². The van der Waals surface area contributed by atoms with E-state index >= 15 is 4.79 Å². The number of benzene rings is 3. The van der Waals surface area contributed by atoms with Gasteiger partial charge >= 0.3 is 35.8 Å². The molecule has 3 aromatic carbocycles. The van der Waals surface area contributed by atoms with Crippen molar-refractivity contribution < 1.29 is 106 Å². The number of hydrogen-bond donors (Lipinski definition) is 5. The molecule has 18 atom stereocenters. The first kappa shape index (κ1) is 71.0. The Hall–Kier alpha value is -6.80. The maximum Gasteiger partial charge on any atom is 0.338 e. The Kier molecular flexibility index (Phi) is 18.9. The second-order valence-corrected chi connectivity index (χ2v) is 32.8. The highest BCUT2D eigenvalue weighted by Crippen LogP contribution is 2.67. The SMILES string of the molecule is CCC(=O)O[C@H]1C(=O)[C@@]2(C)C([C@H](OC(=O)c3ccccc3)[C@]3(O)C[C@H](O)C(C)=C1C3(C)C)[C@]1(OC(C)=O)CO[C@@H]1C[C@@H]2O.CCC(=O)O[C@H]1C(=O)[C@@]2(C)C([C@H](OC(=O)c3ccccc3)[C@]3(O)C[C@H](O)C(C)=C1C3(C)C)[C@]1(OC(C)=O)CO[C@@H]1C[C@@H]2O[Si](C)(C)c1ccccc1. The monoisotopic (exact) mass is 1330 g/mol. The Morgan fingerprint density at radius 2 is 0.916 bits per heavy atom. The summed E-state index contributed by atoms with van der Waals surface area (Å²) in [4.78, 5) is 110. The predicted octanol–water partition coefficient (Wildman–Crippen LogP) is 6.22. The van der Waals surface area contributed by atoms with Gasteiger partial charge in [0.2, 0.25) is 8.32 Å². The standard InChI is InChI=1S/C40H50O11Si.C32H40O11/c1-9-30(43)48-32-31-23(2)27(42)21-40(46,37(31,4)5)35(49-36(45)25-16-12-10-13-17-25)33-38(6,34(32)44)28(20-29-39(33,22-47-29)50-24(3)41)51-52(7,8)26-18-14-11-15-19-26;1-7-22(36)41-24-23-16(2)19(34)14-32(39,29(23,4)5)27(42-28(38)18-11-9-8-10-12-18)25-30(6,26(24)37)20(35)13-21-31(25,15-40-21)43-17(3)33/h10-19,27-29,32-33,35,42,46H,9,20-22H2,1-8H3;8-12,19-21,24-25,27,34-35,39H,7,13-15H2,1-6H3/t27-,28-,29+,32+,33?,35-,38+,39-,40+;19-,20-,21+,24+,25?,27-,30+,31-,32+/m00/s1. The number of aliphatic hydroxyl groups excluding tert-OH is 3. The number of ketones is 2. The van der Waals surface area contributed by atoms with Crippen molar-refractivity contribution in [3.05, 3.63) is 124 Å². The van der Waals surface area contributed by atoms with Crippen molar-refractivity contribution in [2.75, 3.05) is 13.2 Å². The fraction of sp³-hybridized carbons (Fsp3) is 0.583. The van der Waals surface area contributed by atoms with Gasteiger partial charge in [-0.25, -0.2) is 9.59 Å². The molecule has 8 aliphatic rings. The molecule has 0 amide bonds. The second-order valence-electron chi connectivity index (χ2n) is 29.0. The molecule has 0 aromatic heterocycles. The van der Waals surface area contributed by atoms with Gasteiger partial charge in [-0.1, -0.05) is 108 Å². The Bertz CT molecular complexity index is 3610. The fourth-order valence-corrected chi connectivity index (χ4v) is 19.5. The first-order chi connectivity index (χ1) is 44.4. The number of hydrogen-bond acceptors (Lipinski definition) is 22. The van der Waals surface area contributed by atoms with Crippen LogP contribution in [0.4, 0.5) is 0 Å². The van der Waals surface area contributed by atoms with Gasteiger partial charge in [-0.2, -0.15) is 0 Å². The van der Waals surface area contributed by atoms with Crippen LogP contribution in [-0.2, 0) is 71.1 Å². The smallest absolute Gasteiger partial charge is 0.338 e. The fourth-order valence-electron chi connectivity index (χ4n) is 17.3. The molecule has 5 N–H and O–H groups in total. The summed E-state index contributed by atoms with van der Waals surface area (Å²) in [6.07, 6.45) is -13.7. The summed E-state index contributed by atoms with van der Waals surface area (Å²) in [5.74, 6) is -8.26. The molecule has 23 heteroatoms. The van der Waals surface area contributed by atoms with Gasteiger partial charge in [0.15, 0.2) is 35.0 Å². The third-order valence-electron chi connectivity index (χ3n) is 22.8. The van der Waals surface area contributed by atoms with E-state index in [1.54, 1.807) is 111 Å². The van der Waals surface area contributed by atoms with E-state index in [0.29, 0.717) is 11.1 Å². The zero-order chi connectivity index (χ0) is 69.7. The van der Waals surface area contributed by atoms with Crippen LogP contribution in [0.2, 0.25) is 13.1 Å². The molecule has 2 saturated heterocycles. The third-order valence-corrected chi connectivity index (χ3v) is 25.4. The minimum absolute atomic E-state index is 0.0397. The Labute approximate surface area is 554 Å². The van der Waals surface area contributed by atoms with E-state index in [-0.39, 0.29) is 74.0 Å². The van der Waals surface area contributed by atoms with Gasteiger partial charge in [-0.15, -0.1) is 0 Å². The molecule has 0 spiro atoms. The zero-order valence-corrected chi connectivity index (χ0v) is 57.4. The lowest BCUT2D eigenvalue weighted by Crippen LogP contribution is -2.82. The van der Waals surface area contributed by atoms with Crippen LogP contribution in [-0.4, -0.2) is 178 Å². The first-order valence-corrected chi connectivity index (χ1v) is 35.6. The van der Waals surface area contributed by atoms with E-state index in [1.807, 2.05) is 43.4 Å². The van der Waals surface area contributed by atoms with Crippen molar-refractivity contribution in [3.63, 3.8) is 0 Å². The molecule has 0 radical (unpaired) electrons. The van der Waals surface area contributed by atoms with Crippen molar-refractivity contribution in [2.45, 2.75) is 218 Å². The van der Waals surface area contributed by atoms with Crippen molar-refractivity contribution in [3.8, 4) is 0 Å². The minimum atomic E-state index is -2.85. The number of carbonyl (C=O) groups excluding carboxylic acids is 8. The van der Waals surface area contributed by atoms with E-state index in [1.165, 1.54) is 32.9 Å². The normalized spacial score (nSPS) is 37.2. The molecule has 2 unspecified atom stereocenters. The summed E-state index contributed by atoms with van der Waals surface area (Å²) in [6, 6.07) is 26.0. The molecule has 2 aliphatic heterocycles. The number of Topliss-reactive ketones (excluding diaryl/α,β-unsaturated/α-hetero) is 2. The molecule has 514 valence electrons. The summed E-state index contributed by atoms with van der Waals surface area (Å²) in [7, 11) is -2.85. The van der Waals surface area contributed by atoms with Gasteiger partial charge in [0.1, 0.15) is 35.6 Å². The molecule has 95 heavy (non-hydrogen) atoms. The van der Waals surface area contributed by atoms with Crippen LogP contribution < -0.4 is 5.19 Å². The number of carbonyl (C=O) groups is 8. The largest absolute Gasteiger partial charge is 0.455 e. The average molecular weight is 1340 g/mol. The van der Waals surface area contributed by atoms with Crippen molar-refractivity contribution in [1.29, 1.82) is 0 Å². The number of aliphatic hydroxyl groups is 5. The number of rotatable bonds is 13. The molecule has 11 rings (SSSR count). The topological polar surface area (TPSA) is 321 Å².